The number of halogens is 1. The highest BCUT2D eigenvalue weighted by Gasteiger charge is 2.17. The Hall–Kier alpha value is -3.70. The zero-order chi connectivity index (χ0) is 23.9. The maximum absolute atomic E-state index is 12.4. The fourth-order valence-corrected chi connectivity index (χ4v) is 4.00. The highest BCUT2D eigenvalue weighted by Crippen LogP contribution is 2.28. The normalized spacial score (nSPS) is 11.0. The summed E-state index contributed by atoms with van der Waals surface area (Å²) in [7, 11) is 1.46. The summed E-state index contributed by atoms with van der Waals surface area (Å²) in [5, 5.41) is 22.9. The average molecular weight is 539 g/mol. The molecule has 2 aromatic carbocycles. The van der Waals surface area contributed by atoms with Crippen LogP contribution in [0.3, 0.4) is 0 Å². The highest BCUT2D eigenvalue weighted by atomic mass is 79.9. The molecule has 2 aromatic heterocycles. The minimum absolute atomic E-state index is 0.0288. The largest absolute Gasteiger partial charge is 0.504 e. The van der Waals surface area contributed by atoms with E-state index in [1.165, 1.54) is 31.2 Å². The van der Waals surface area contributed by atoms with Crippen LogP contribution in [-0.2, 0) is 4.79 Å². The van der Waals surface area contributed by atoms with Gasteiger partial charge in [0.15, 0.2) is 22.5 Å². The minimum atomic E-state index is -0.303. The number of hydrazone groups is 1. The number of phenols is 1. The highest BCUT2D eigenvalue weighted by molar-refractivity contribution is 9.10. The van der Waals surface area contributed by atoms with Crippen molar-refractivity contribution < 1.29 is 14.6 Å². The first-order chi connectivity index (χ1) is 16.5. The molecule has 0 saturated carbocycles. The Bertz CT molecular complexity index is 1310. The summed E-state index contributed by atoms with van der Waals surface area (Å²) >= 11 is 4.70. The Morgan fingerprint density at radius 3 is 2.68 bits per heavy atom. The van der Waals surface area contributed by atoms with E-state index >= 15 is 0 Å². The van der Waals surface area contributed by atoms with Gasteiger partial charge in [-0.2, -0.15) is 5.10 Å². The molecule has 0 unspecified atom stereocenters. The van der Waals surface area contributed by atoms with Crippen molar-refractivity contribution in [3.63, 3.8) is 0 Å². The van der Waals surface area contributed by atoms with Gasteiger partial charge < -0.3 is 9.84 Å². The van der Waals surface area contributed by atoms with Gasteiger partial charge in [0.2, 0.25) is 0 Å². The molecule has 1 amide bonds. The molecular weight excluding hydrogens is 520 g/mol. The number of pyridine rings is 1. The van der Waals surface area contributed by atoms with Gasteiger partial charge in [-0.05, 0) is 60.2 Å². The number of carbonyl (C=O) groups is 1. The van der Waals surface area contributed by atoms with Crippen molar-refractivity contribution in [3.8, 4) is 28.6 Å². The molecule has 11 heteroatoms. The summed E-state index contributed by atoms with van der Waals surface area (Å²) in [6, 6.07) is 16.2. The molecule has 0 fully saturated rings. The van der Waals surface area contributed by atoms with Crippen molar-refractivity contribution in [2.45, 2.75) is 5.16 Å². The van der Waals surface area contributed by atoms with E-state index < -0.39 is 0 Å². The van der Waals surface area contributed by atoms with Crippen molar-refractivity contribution >= 4 is 39.8 Å². The fraction of sp³-hybridized carbons (Fsp3) is 0.0870. The van der Waals surface area contributed by atoms with Crippen LogP contribution < -0.4 is 10.2 Å². The second-order valence-electron chi connectivity index (χ2n) is 6.87. The van der Waals surface area contributed by atoms with Crippen LogP contribution in [0.2, 0.25) is 0 Å². The number of thioether (sulfide) groups is 1. The second kappa shape index (κ2) is 10.9. The molecule has 0 aliphatic rings. The molecule has 4 aromatic rings. The minimum Gasteiger partial charge on any atom is -0.504 e. The summed E-state index contributed by atoms with van der Waals surface area (Å²) in [5.41, 5.74) is 4.88. The number of aromatic hydroxyl groups is 1. The summed E-state index contributed by atoms with van der Waals surface area (Å²) in [6.07, 6.45) is 4.85. The van der Waals surface area contributed by atoms with Crippen molar-refractivity contribution in [2.75, 3.05) is 12.9 Å². The number of methoxy groups -OCH3 is 1. The maximum Gasteiger partial charge on any atom is 0.250 e. The smallest absolute Gasteiger partial charge is 0.250 e. The van der Waals surface area contributed by atoms with Gasteiger partial charge in [-0.3, -0.25) is 14.3 Å². The molecule has 0 saturated heterocycles. The van der Waals surface area contributed by atoms with Gasteiger partial charge in [0, 0.05) is 28.1 Å². The van der Waals surface area contributed by atoms with E-state index in [9.17, 15) is 9.90 Å². The van der Waals surface area contributed by atoms with Crippen LogP contribution >= 0.6 is 27.7 Å². The molecule has 2 heterocycles. The number of ether oxygens (including phenoxy) is 1. The van der Waals surface area contributed by atoms with E-state index in [1.807, 2.05) is 41.0 Å². The number of aromatic nitrogens is 4. The molecule has 4 rings (SSSR count). The molecule has 0 radical (unpaired) electrons. The number of rotatable bonds is 8. The summed E-state index contributed by atoms with van der Waals surface area (Å²) in [5.74, 6) is 0.778. The van der Waals surface area contributed by atoms with E-state index in [0.717, 1.165) is 15.7 Å². The van der Waals surface area contributed by atoms with Crippen molar-refractivity contribution in [3.05, 3.63) is 77.0 Å². The SMILES string of the molecule is COc1cc(/C=N/NC(=O)CSc2nnc(-c3ccncc3)n2-c2ccc(Br)cc2)ccc1O. The van der Waals surface area contributed by atoms with E-state index in [4.69, 9.17) is 4.74 Å². The van der Waals surface area contributed by atoms with Crippen molar-refractivity contribution in [2.24, 2.45) is 5.10 Å². The van der Waals surface area contributed by atoms with Crippen LogP contribution in [0.25, 0.3) is 17.1 Å². The quantitative estimate of drug-likeness (QED) is 0.197. The molecule has 0 spiro atoms. The molecular formula is C23H19BrN6O3S. The first kappa shape index (κ1) is 23.5. The maximum atomic E-state index is 12.4. The molecule has 172 valence electrons. The zero-order valence-corrected chi connectivity index (χ0v) is 20.3. The number of amides is 1. The first-order valence-corrected chi connectivity index (χ1v) is 11.8. The summed E-state index contributed by atoms with van der Waals surface area (Å²) in [6.45, 7) is 0. The average Bonchev–Trinajstić information content (AvgIpc) is 3.29. The molecule has 34 heavy (non-hydrogen) atoms. The van der Waals surface area contributed by atoms with Gasteiger partial charge in [-0.25, -0.2) is 5.43 Å². The number of hydrogen-bond donors (Lipinski definition) is 2. The van der Waals surface area contributed by atoms with Crippen LogP contribution in [0, 0.1) is 0 Å². The number of nitrogens with zero attached hydrogens (tertiary/aromatic N) is 5. The lowest BCUT2D eigenvalue weighted by molar-refractivity contribution is -0.118. The molecule has 9 nitrogen and oxygen atoms in total. The third-order valence-electron chi connectivity index (χ3n) is 4.60. The monoisotopic (exact) mass is 538 g/mol. The fourth-order valence-electron chi connectivity index (χ4n) is 2.99. The third kappa shape index (κ3) is 5.61. The van der Waals surface area contributed by atoms with Crippen LogP contribution in [0.4, 0.5) is 0 Å². The predicted molar refractivity (Wildman–Crippen MR) is 133 cm³/mol. The van der Waals surface area contributed by atoms with Gasteiger partial charge in [0.1, 0.15) is 0 Å². The van der Waals surface area contributed by atoms with Gasteiger partial charge in [-0.15, -0.1) is 10.2 Å². The lowest BCUT2D eigenvalue weighted by Crippen LogP contribution is -2.20. The van der Waals surface area contributed by atoms with Gasteiger partial charge in [-0.1, -0.05) is 27.7 Å². The number of hydrogen-bond acceptors (Lipinski definition) is 8. The summed E-state index contributed by atoms with van der Waals surface area (Å²) in [4.78, 5) is 16.4. The van der Waals surface area contributed by atoms with Gasteiger partial charge in [0.25, 0.3) is 5.91 Å². The molecule has 0 aliphatic carbocycles. The lowest BCUT2D eigenvalue weighted by atomic mass is 10.2. The summed E-state index contributed by atoms with van der Waals surface area (Å²) < 4.78 is 7.91. The van der Waals surface area contributed by atoms with Crippen LogP contribution in [0.15, 0.2) is 81.7 Å². The first-order valence-electron chi connectivity index (χ1n) is 9.98. The van der Waals surface area contributed by atoms with Gasteiger partial charge in [0.05, 0.1) is 19.1 Å². The Balaban J connectivity index is 1.48. The molecule has 2 N–H and O–H groups in total. The third-order valence-corrected chi connectivity index (χ3v) is 6.05. The number of benzene rings is 2. The Morgan fingerprint density at radius 2 is 1.94 bits per heavy atom. The van der Waals surface area contributed by atoms with E-state index in [0.29, 0.717) is 22.3 Å². The van der Waals surface area contributed by atoms with Crippen molar-refractivity contribution in [1.82, 2.24) is 25.2 Å². The van der Waals surface area contributed by atoms with Crippen LogP contribution in [0.5, 0.6) is 11.5 Å². The Morgan fingerprint density at radius 1 is 1.18 bits per heavy atom. The number of phenolic OH excluding ortho intramolecular Hbond substituents is 1. The Kier molecular flexibility index (Phi) is 7.55. The van der Waals surface area contributed by atoms with Crippen molar-refractivity contribution in [1.29, 1.82) is 0 Å². The standard InChI is InChI=1S/C23H19BrN6O3S/c1-33-20-12-15(2-7-19(20)31)13-26-27-21(32)14-34-23-29-28-22(16-8-10-25-11-9-16)30(23)18-5-3-17(24)4-6-18/h2-13,31H,14H2,1H3,(H,27,32)/b26-13+. The number of nitrogens with one attached hydrogen (secondary N) is 1. The predicted octanol–water partition coefficient (Wildman–Crippen LogP) is 4.05. The second-order valence-corrected chi connectivity index (χ2v) is 8.73. The molecule has 0 bridgehead atoms. The molecule has 0 atom stereocenters. The molecule has 0 aliphatic heterocycles. The van der Waals surface area contributed by atoms with E-state index in [1.54, 1.807) is 24.5 Å². The number of carbonyl (C=O) groups excluding carboxylic acids is 1. The van der Waals surface area contributed by atoms with Gasteiger partial charge >= 0.3 is 0 Å². The van der Waals surface area contributed by atoms with Crippen LogP contribution in [-0.4, -0.2) is 49.8 Å². The van der Waals surface area contributed by atoms with E-state index in [-0.39, 0.29) is 17.4 Å². The lowest BCUT2D eigenvalue weighted by Gasteiger charge is -2.10. The van der Waals surface area contributed by atoms with E-state index in [2.05, 4.69) is 41.6 Å². The van der Waals surface area contributed by atoms with Crippen LogP contribution in [0.1, 0.15) is 5.56 Å². The zero-order valence-electron chi connectivity index (χ0n) is 17.9. The Labute approximate surface area is 208 Å². The topological polar surface area (TPSA) is 115 Å².